The van der Waals surface area contributed by atoms with Crippen LogP contribution in [0.2, 0.25) is 0 Å². The number of halogens is 1. The molecule has 0 atom stereocenters. The first kappa shape index (κ1) is 16.6. The first-order chi connectivity index (χ1) is 12.5. The Morgan fingerprint density at radius 2 is 1.88 bits per heavy atom. The molecule has 0 saturated heterocycles. The summed E-state index contributed by atoms with van der Waals surface area (Å²) in [6, 6.07) is 3.66. The number of hydrogen-bond donors (Lipinski definition) is 1. The van der Waals surface area contributed by atoms with Gasteiger partial charge in [-0.15, -0.1) is 0 Å². The monoisotopic (exact) mass is 353 g/mol. The summed E-state index contributed by atoms with van der Waals surface area (Å²) in [5.74, 6) is -0.239. The number of nitrogens with zero attached hydrogens (tertiary/aromatic N) is 4. The fourth-order valence-electron chi connectivity index (χ4n) is 3.42. The van der Waals surface area contributed by atoms with Crippen LogP contribution in [0.1, 0.15) is 32.1 Å². The molecule has 0 unspecified atom stereocenters. The van der Waals surface area contributed by atoms with Gasteiger partial charge in [0.2, 0.25) is 0 Å². The lowest BCUT2D eigenvalue weighted by atomic mass is 9.86. The van der Waals surface area contributed by atoms with E-state index in [-0.39, 0.29) is 12.8 Å². The predicted molar refractivity (Wildman–Crippen MR) is 97.3 cm³/mol. The number of aromatic nitrogens is 4. The normalized spacial score (nSPS) is 16.5. The third kappa shape index (κ3) is 3.05. The van der Waals surface area contributed by atoms with E-state index in [2.05, 4.69) is 20.3 Å². The van der Waals surface area contributed by atoms with E-state index >= 15 is 0 Å². The van der Waals surface area contributed by atoms with Crippen molar-refractivity contribution in [2.75, 3.05) is 5.32 Å². The van der Waals surface area contributed by atoms with Gasteiger partial charge in [-0.05, 0) is 43.2 Å². The van der Waals surface area contributed by atoms with Crippen molar-refractivity contribution in [1.29, 1.82) is 0 Å². The highest BCUT2D eigenvalue weighted by Crippen LogP contribution is 2.33. The molecule has 1 fully saturated rings. The van der Waals surface area contributed by atoms with E-state index in [0.717, 1.165) is 41.4 Å². The minimum atomic E-state index is -1.78. The Balaban J connectivity index is 1.62. The number of alkyl halides is 1. The zero-order valence-electron chi connectivity index (χ0n) is 14.6. The van der Waals surface area contributed by atoms with Crippen molar-refractivity contribution in [3.8, 4) is 11.4 Å². The van der Waals surface area contributed by atoms with Crippen LogP contribution in [0.3, 0.4) is 0 Å². The lowest BCUT2D eigenvalue weighted by molar-refractivity contribution is -0.129. The van der Waals surface area contributed by atoms with Gasteiger partial charge in [0.1, 0.15) is 5.82 Å². The fraction of sp³-hybridized carbons (Fsp3) is 0.368. The Morgan fingerprint density at radius 3 is 2.62 bits per heavy atom. The van der Waals surface area contributed by atoms with Gasteiger partial charge in [-0.3, -0.25) is 9.78 Å². The number of aryl methyl sites for hydroxylation is 1. The summed E-state index contributed by atoms with van der Waals surface area (Å²) in [5.41, 5.74) is -0.123. The van der Waals surface area contributed by atoms with E-state index in [4.69, 9.17) is 0 Å². The highest BCUT2D eigenvalue weighted by molar-refractivity contribution is 5.98. The smallest absolute Gasteiger partial charge is 0.263 e. The number of anilines is 1. The number of rotatable bonds is 3. The number of carbonyl (C=O) groups excluding carboxylic acids is 1. The molecule has 7 heteroatoms. The summed E-state index contributed by atoms with van der Waals surface area (Å²) < 4.78 is 16.7. The molecule has 0 bridgehead atoms. The summed E-state index contributed by atoms with van der Waals surface area (Å²) in [4.78, 5) is 25.1. The largest absolute Gasteiger partial charge is 0.332 e. The van der Waals surface area contributed by atoms with E-state index in [1.165, 1.54) is 0 Å². The number of fused-ring (bicyclic) bond motifs is 1. The minimum absolute atomic E-state index is 0.279. The highest BCUT2D eigenvalue weighted by Gasteiger charge is 2.39. The molecule has 0 spiro atoms. The van der Waals surface area contributed by atoms with Crippen molar-refractivity contribution >= 4 is 22.5 Å². The van der Waals surface area contributed by atoms with Crippen LogP contribution in [-0.2, 0) is 11.8 Å². The van der Waals surface area contributed by atoms with Crippen molar-refractivity contribution in [3.05, 3.63) is 37.1 Å². The molecule has 1 aliphatic rings. The van der Waals surface area contributed by atoms with Gasteiger partial charge < -0.3 is 9.88 Å². The summed E-state index contributed by atoms with van der Waals surface area (Å²) in [5, 5.41) is 4.37. The molecular weight excluding hydrogens is 333 g/mol. The number of imidazole rings is 1. The Labute approximate surface area is 150 Å². The zero-order chi connectivity index (χ0) is 18.1. The molecule has 0 aliphatic heterocycles. The van der Waals surface area contributed by atoms with E-state index in [1.54, 1.807) is 31.0 Å². The van der Waals surface area contributed by atoms with Crippen molar-refractivity contribution in [3.63, 3.8) is 0 Å². The lowest BCUT2D eigenvalue weighted by Crippen LogP contribution is -2.40. The molecule has 4 rings (SSSR count). The molecule has 6 nitrogen and oxygen atoms in total. The van der Waals surface area contributed by atoms with Gasteiger partial charge in [-0.1, -0.05) is 6.42 Å². The van der Waals surface area contributed by atoms with Crippen LogP contribution in [0.4, 0.5) is 10.2 Å². The van der Waals surface area contributed by atoms with Crippen molar-refractivity contribution in [1.82, 2.24) is 19.5 Å². The van der Waals surface area contributed by atoms with E-state index < -0.39 is 11.6 Å². The van der Waals surface area contributed by atoms with Gasteiger partial charge in [-0.25, -0.2) is 14.4 Å². The van der Waals surface area contributed by atoms with Gasteiger partial charge in [0.05, 0.1) is 23.9 Å². The van der Waals surface area contributed by atoms with Crippen LogP contribution in [0.5, 0.6) is 0 Å². The maximum absolute atomic E-state index is 14.8. The summed E-state index contributed by atoms with van der Waals surface area (Å²) >= 11 is 0. The van der Waals surface area contributed by atoms with Gasteiger partial charge in [-0.2, -0.15) is 0 Å². The number of hydrogen-bond acceptors (Lipinski definition) is 4. The molecule has 3 aromatic heterocycles. The second kappa shape index (κ2) is 6.48. The Hall–Kier alpha value is -2.83. The second-order valence-corrected chi connectivity index (χ2v) is 6.86. The molecule has 0 radical (unpaired) electrons. The molecule has 3 aromatic rings. The highest BCUT2D eigenvalue weighted by atomic mass is 19.1. The number of nitrogens with one attached hydrogen (secondary N) is 1. The van der Waals surface area contributed by atoms with Crippen molar-refractivity contribution in [2.45, 2.75) is 37.8 Å². The van der Waals surface area contributed by atoms with Crippen LogP contribution in [0.15, 0.2) is 37.1 Å². The molecule has 0 aromatic carbocycles. The first-order valence-corrected chi connectivity index (χ1v) is 8.78. The van der Waals surface area contributed by atoms with E-state index in [1.807, 2.05) is 17.7 Å². The molecule has 3 heterocycles. The molecule has 26 heavy (non-hydrogen) atoms. The summed E-state index contributed by atoms with van der Waals surface area (Å²) in [7, 11) is 1.90. The Morgan fingerprint density at radius 1 is 1.12 bits per heavy atom. The minimum Gasteiger partial charge on any atom is -0.332 e. The molecule has 1 aliphatic carbocycles. The van der Waals surface area contributed by atoms with Crippen molar-refractivity contribution in [2.24, 2.45) is 7.05 Å². The van der Waals surface area contributed by atoms with Gasteiger partial charge >= 0.3 is 0 Å². The average Bonchev–Trinajstić information content (AvgIpc) is 3.07. The van der Waals surface area contributed by atoms with Gasteiger partial charge in [0.25, 0.3) is 5.91 Å². The molecular formula is C19H20FN5O. The fourth-order valence-corrected chi connectivity index (χ4v) is 3.42. The predicted octanol–water partition coefficient (Wildman–Crippen LogP) is 3.64. The SMILES string of the molecule is Cn1cncc1-c1cc2cc(NC(=O)C3(F)CCCCC3)ncc2cn1. The Bertz CT molecular complexity index is 961. The maximum Gasteiger partial charge on any atom is 0.263 e. The van der Waals surface area contributed by atoms with Crippen LogP contribution in [0, 0.1) is 0 Å². The molecule has 1 N–H and O–H groups in total. The maximum atomic E-state index is 14.8. The topological polar surface area (TPSA) is 72.7 Å². The standard InChI is InChI=1S/C19H20FN5O/c1-25-12-21-11-16(25)15-7-13-8-17(23-10-14(13)9-22-15)24-18(26)19(20)5-3-2-4-6-19/h7-12H,2-6H2,1H3,(H,23,24,26). The first-order valence-electron chi connectivity index (χ1n) is 8.78. The third-order valence-electron chi connectivity index (χ3n) is 4.98. The van der Waals surface area contributed by atoms with E-state index in [9.17, 15) is 9.18 Å². The van der Waals surface area contributed by atoms with Crippen LogP contribution >= 0.6 is 0 Å². The second-order valence-electron chi connectivity index (χ2n) is 6.86. The van der Waals surface area contributed by atoms with Crippen LogP contribution in [0.25, 0.3) is 22.2 Å². The molecule has 134 valence electrons. The zero-order valence-corrected chi connectivity index (χ0v) is 14.6. The van der Waals surface area contributed by atoms with Crippen molar-refractivity contribution < 1.29 is 9.18 Å². The number of carbonyl (C=O) groups is 1. The lowest BCUT2D eigenvalue weighted by Gasteiger charge is -2.27. The van der Waals surface area contributed by atoms with Gasteiger partial charge in [0.15, 0.2) is 5.67 Å². The van der Waals surface area contributed by atoms with Crippen LogP contribution < -0.4 is 5.32 Å². The molecule has 1 saturated carbocycles. The average molecular weight is 353 g/mol. The van der Waals surface area contributed by atoms with E-state index in [0.29, 0.717) is 5.82 Å². The quantitative estimate of drug-likeness (QED) is 0.780. The summed E-state index contributed by atoms with van der Waals surface area (Å²) in [6.07, 6.45) is 9.85. The molecule has 1 amide bonds. The number of amides is 1. The summed E-state index contributed by atoms with van der Waals surface area (Å²) in [6.45, 7) is 0. The third-order valence-corrected chi connectivity index (χ3v) is 4.98. The Kier molecular flexibility index (Phi) is 4.14. The van der Waals surface area contributed by atoms with Gasteiger partial charge in [0, 0.05) is 24.8 Å². The number of pyridine rings is 2. The van der Waals surface area contributed by atoms with Crippen LogP contribution in [-0.4, -0.2) is 31.1 Å².